The van der Waals surface area contributed by atoms with E-state index in [4.69, 9.17) is 4.74 Å². The molecule has 96 valence electrons. The molecule has 0 amide bonds. The maximum Gasteiger partial charge on any atom is 0.416 e. The first-order chi connectivity index (χ1) is 8.04. The van der Waals surface area contributed by atoms with E-state index in [0.29, 0.717) is 25.4 Å². The maximum absolute atomic E-state index is 12.4. The van der Waals surface area contributed by atoms with Crippen LogP contribution in [-0.2, 0) is 10.9 Å². The van der Waals surface area contributed by atoms with Gasteiger partial charge in [-0.25, -0.2) is 0 Å². The van der Waals surface area contributed by atoms with Gasteiger partial charge in [-0.2, -0.15) is 13.2 Å². The normalized spacial score (nSPS) is 11.5. The van der Waals surface area contributed by atoms with Crippen molar-refractivity contribution >= 4 is 5.69 Å². The number of nitrogens with one attached hydrogen (secondary N) is 1. The molecule has 0 saturated carbocycles. The number of hydrogen-bond donors (Lipinski definition) is 1. The minimum absolute atomic E-state index is 0.458. The molecule has 1 aromatic rings. The van der Waals surface area contributed by atoms with Gasteiger partial charge in [0.05, 0.1) is 12.2 Å². The molecule has 0 unspecified atom stereocenters. The molecule has 0 aromatic heterocycles. The molecule has 1 rings (SSSR count). The van der Waals surface area contributed by atoms with Crippen LogP contribution in [0, 0.1) is 0 Å². The summed E-state index contributed by atoms with van der Waals surface area (Å²) in [5.41, 5.74) is -0.183. The van der Waals surface area contributed by atoms with Crippen LogP contribution in [-0.4, -0.2) is 19.8 Å². The fourth-order valence-corrected chi connectivity index (χ4v) is 1.32. The largest absolute Gasteiger partial charge is 0.416 e. The van der Waals surface area contributed by atoms with Crippen LogP contribution in [0.4, 0.5) is 18.9 Å². The van der Waals surface area contributed by atoms with Crippen molar-refractivity contribution in [2.45, 2.75) is 19.5 Å². The number of anilines is 1. The van der Waals surface area contributed by atoms with Gasteiger partial charge in [-0.3, -0.25) is 0 Å². The van der Waals surface area contributed by atoms with Gasteiger partial charge in [-0.05, 0) is 24.6 Å². The molecule has 0 bridgehead atoms. The lowest BCUT2D eigenvalue weighted by Gasteiger charge is -2.10. The van der Waals surface area contributed by atoms with Crippen molar-refractivity contribution < 1.29 is 17.9 Å². The summed E-state index contributed by atoms with van der Waals surface area (Å²) in [4.78, 5) is 0. The Kier molecular flexibility index (Phi) is 5.28. The zero-order chi connectivity index (χ0) is 12.7. The van der Waals surface area contributed by atoms with E-state index in [2.05, 4.69) is 5.32 Å². The molecule has 0 radical (unpaired) electrons. The van der Waals surface area contributed by atoms with Crippen LogP contribution in [0.2, 0.25) is 0 Å². The van der Waals surface area contributed by atoms with Gasteiger partial charge >= 0.3 is 6.18 Å². The molecule has 0 saturated heterocycles. The van der Waals surface area contributed by atoms with Crippen molar-refractivity contribution in [2.75, 3.05) is 25.1 Å². The van der Waals surface area contributed by atoms with Crippen molar-refractivity contribution in [2.24, 2.45) is 0 Å². The Labute approximate surface area is 98.8 Å². The first-order valence-corrected chi connectivity index (χ1v) is 5.53. The van der Waals surface area contributed by atoms with Crippen molar-refractivity contribution in [3.8, 4) is 0 Å². The summed E-state index contributed by atoms with van der Waals surface area (Å²) in [6, 6.07) is 5.14. The molecule has 5 heteroatoms. The number of halogens is 3. The number of ether oxygens (including phenoxy) is 1. The lowest BCUT2D eigenvalue weighted by atomic mass is 10.2. The molecule has 0 fully saturated rings. The molecular formula is C12H16F3NO. The minimum atomic E-state index is -4.30. The summed E-state index contributed by atoms with van der Waals surface area (Å²) in [6.45, 7) is 3.66. The number of hydrogen-bond acceptors (Lipinski definition) is 2. The number of benzene rings is 1. The van der Waals surface area contributed by atoms with Gasteiger partial charge in [0.25, 0.3) is 0 Å². The predicted octanol–water partition coefficient (Wildman–Crippen LogP) is 3.54. The summed E-state index contributed by atoms with van der Waals surface area (Å²) in [5.74, 6) is 0. The SMILES string of the molecule is CCCOCCNc1cccc(C(F)(F)F)c1. The highest BCUT2D eigenvalue weighted by atomic mass is 19.4. The average Bonchev–Trinajstić information content (AvgIpc) is 2.28. The summed E-state index contributed by atoms with van der Waals surface area (Å²) in [7, 11) is 0. The third kappa shape index (κ3) is 5.08. The minimum Gasteiger partial charge on any atom is -0.383 e. The first kappa shape index (κ1) is 13.8. The standard InChI is InChI=1S/C12H16F3NO/c1-2-7-17-8-6-16-11-5-3-4-10(9-11)12(13,14)15/h3-5,9,16H,2,6-8H2,1H3. The van der Waals surface area contributed by atoms with Gasteiger partial charge in [0, 0.05) is 18.8 Å². The summed E-state index contributed by atoms with van der Waals surface area (Å²) in [6.07, 6.45) is -3.36. The Morgan fingerprint density at radius 3 is 2.65 bits per heavy atom. The van der Waals surface area contributed by atoms with Gasteiger partial charge in [0.15, 0.2) is 0 Å². The molecule has 0 aliphatic rings. The Bertz CT molecular complexity index is 339. The van der Waals surface area contributed by atoms with E-state index >= 15 is 0 Å². The van der Waals surface area contributed by atoms with Gasteiger partial charge in [-0.1, -0.05) is 13.0 Å². The van der Waals surface area contributed by atoms with Gasteiger partial charge in [0.2, 0.25) is 0 Å². The monoisotopic (exact) mass is 247 g/mol. The van der Waals surface area contributed by atoms with Gasteiger partial charge < -0.3 is 10.1 Å². The fourth-order valence-electron chi connectivity index (χ4n) is 1.32. The highest BCUT2D eigenvalue weighted by molar-refractivity contribution is 5.46. The van der Waals surface area contributed by atoms with E-state index in [0.717, 1.165) is 18.6 Å². The van der Waals surface area contributed by atoms with Crippen molar-refractivity contribution in [1.29, 1.82) is 0 Å². The number of alkyl halides is 3. The Morgan fingerprint density at radius 1 is 1.24 bits per heavy atom. The lowest BCUT2D eigenvalue weighted by molar-refractivity contribution is -0.137. The molecule has 0 spiro atoms. The summed E-state index contributed by atoms with van der Waals surface area (Å²) >= 11 is 0. The van der Waals surface area contributed by atoms with E-state index < -0.39 is 11.7 Å². The molecular weight excluding hydrogens is 231 g/mol. The van der Waals surface area contributed by atoms with Crippen molar-refractivity contribution in [3.63, 3.8) is 0 Å². The quantitative estimate of drug-likeness (QED) is 0.776. The Balaban J connectivity index is 2.44. The third-order valence-corrected chi connectivity index (χ3v) is 2.11. The van der Waals surface area contributed by atoms with Crippen LogP contribution in [0.3, 0.4) is 0 Å². The molecule has 0 atom stereocenters. The summed E-state index contributed by atoms with van der Waals surface area (Å²) in [5, 5.41) is 2.89. The molecule has 0 aliphatic carbocycles. The second-order valence-corrected chi connectivity index (χ2v) is 3.62. The van der Waals surface area contributed by atoms with Gasteiger partial charge in [-0.15, -0.1) is 0 Å². The second kappa shape index (κ2) is 6.49. The van der Waals surface area contributed by atoms with E-state index in [1.54, 1.807) is 6.07 Å². The van der Waals surface area contributed by atoms with E-state index in [-0.39, 0.29) is 0 Å². The highest BCUT2D eigenvalue weighted by Crippen LogP contribution is 2.30. The smallest absolute Gasteiger partial charge is 0.383 e. The summed E-state index contributed by atoms with van der Waals surface area (Å²) < 4.78 is 42.4. The van der Waals surface area contributed by atoms with Crippen LogP contribution >= 0.6 is 0 Å². The fraction of sp³-hybridized carbons (Fsp3) is 0.500. The third-order valence-electron chi connectivity index (χ3n) is 2.11. The Hall–Kier alpha value is -1.23. The molecule has 1 aromatic carbocycles. The molecule has 2 nitrogen and oxygen atoms in total. The topological polar surface area (TPSA) is 21.3 Å². The van der Waals surface area contributed by atoms with Crippen LogP contribution < -0.4 is 5.32 Å². The zero-order valence-corrected chi connectivity index (χ0v) is 9.68. The van der Waals surface area contributed by atoms with Gasteiger partial charge in [0.1, 0.15) is 0 Å². The molecule has 0 aliphatic heterocycles. The van der Waals surface area contributed by atoms with E-state index in [9.17, 15) is 13.2 Å². The molecule has 0 heterocycles. The van der Waals surface area contributed by atoms with Crippen LogP contribution in [0.1, 0.15) is 18.9 Å². The lowest BCUT2D eigenvalue weighted by Crippen LogP contribution is -2.11. The highest BCUT2D eigenvalue weighted by Gasteiger charge is 2.30. The van der Waals surface area contributed by atoms with Crippen molar-refractivity contribution in [3.05, 3.63) is 29.8 Å². The zero-order valence-electron chi connectivity index (χ0n) is 9.68. The molecule has 17 heavy (non-hydrogen) atoms. The first-order valence-electron chi connectivity index (χ1n) is 5.53. The van der Waals surface area contributed by atoms with Crippen molar-refractivity contribution in [1.82, 2.24) is 0 Å². The Morgan fingerprint density at radius 2 is 2.00 bits per heavy atom. The predicted molar refractivity (Wildman–Crippen MR) is 61.0 cm³/mol. The average molecular weight is 247 g/mol. The molecule has 1 N–H and O–H groups in total. The van der Waals surface area contributed by atoms with Crippen LogP contribution in [0.15, 0.2) is 24.3 Å². The second-order valence-electron chi connectivity index (χ2n) is 3.62. The van der Waals surface area contributed by atoms with E-state index in [1.165, 1.54) is 6.07 Å². The van der Waals surface area contributed by atoms with Crippen LogP contribution in [0.25, 0.3) is 0 Å². The van der Waals surface area contributed by atoms with E-state index in [1.807, 2.05) is 6.92 Å². The number of rotatable bonds is 6. The van der Waals surface area contributed by atoms with Crippen LogP contribution in [0.5, 0.6) is 0 Å². The maximum atomic E-state index is 12.4.